The van der Waals surface area contributed by atoms with Gasteiger partial charge in [0.25, 0.3) is 0 Å². The number of sulfonamides is 1. The number of rotatable bonds is 4. The van der Waals surface area contributed by atoms with E-state index in [0.717, 1.165) is 6.07 Å². The van der Waals surface area contributed by atoms with Gasteiger partial charge in [-0.3, -0.25) is 0 Å². The first-order chi connectivity index (χ1) is 10.8. The fraction of sp³-hybridized carbons (Fsp3) is 0.643. The molecular formula is C14H18F3N3O2S. The van der Waals surface area contributed by atoms with Crippen molar-refractivity contribution < 1.29 is 21.6 Å². The number of halogens is 3. The van der Waals surface area contributed by atoms with Gasteiger partial charge in [0.05, 0.1) is 10.8 Å². The number of pyridine rings is 1. The van der Waals surface area contributed by atoms with Crippen LogP contribution in [0.5, 0.6) is 0 Å². The smallest absolute Gasteiger partial charge is 0.367 e. The molecule has 0 aromatic carbocycles. The molecule has 1 aliphatic heterocycles. The standard InChI is InChI=1S/C14H18F3N3O2S/c15-14(16,17)12-2-1-7-18-13(12)19-10-5-8-20(9-6-10)23(21,22)11-3-4-11/h1-2,7,10-11H,3-6,8-9H2,(H,18,19). The van der Waals surface area contributed by atoms with Gasteiger partial charge in [-0.25, -0.2) is 17.7 Å². The fourth-order valence-corrected chi connectivity index (χ4v) is 4.65. The molecule has 0 spiro atoms. The topological polar surface area (TPSA) is 62.3 Å². The van der Waals surface area contributed by atoms with Gasteiger partial charge >= 0.3 is 6.18 Å². The lowest BCUT2D eigenvalue weighted by Gasteiger charge is -2.32. The molecule has 23 heavy (non-hydrogen) atoms. The Morgan fingerprint density at radius 3 is 2.39 bits per heavy atom. The van der Waals surface area contributed by atoms with E-state index in [1.165, 1.54) is 16.6 Å². The van der Waals surface area contributed by atoms with Crippen molar-refractivity contribution in [2.24, 2.45) is 0 Å². The van der Waals surface area contributed by atoms with Crippen LogP contribution in [0.15, 0.2) is 18.3 Å². The monoisotopic (exact) mass is 349 g/mol. The highest BCUT2D eigenvalue weighted by molar-refractivity contribution is 7.90. The second-order valence-corrected chi connectivity index (χ2v) is 8.17. The maximum atomic E-state index is 12.9. The Balaban J connectivity index is 1.64. The highest BCUT2D eigenvalue weighted by Gasteiger charge is 2.41. The van der Waals surface area contributed by atoms with Crippen molar-refractivity contribution in [3.63, 3.8) is 0 Å². The summed E-state index contributed by atoms with van der Waals surface area (Å²) in [4.78, 5) is 3.78. The van der Waals surface area contributed by atoms with Gasteiger partial charge in [0.1, 0.15) is 5.82 Å². The number of alkyl halides is 3. The van der Waals surface area contributed by atoms with Crippen LogP contribution in [-0.4, -0.2) is 42.1 Å². The van der Waals surface area contributed by atoms with E-state index < -0.39 is 21.8 Å². The zero-order chi connectivity index (χ0) is 16.7. The van der Waals surface area contributed by atoms with Crippen molar-refractivity contribution in [1.82, 2.24) is 9.29 Å². The van der Waals surface area contributed by atoms with Crippen LogP contribution in [0.2, 0.25) is 0 Å². The van der Waals surface area contributed by atoms with Gasteiger partial charge < -0.3 is 5.32 Å². The Kier molecular flexibility index (Phi) is 4.26. The largest absolute Gasteiger partial charge is 0.419 e. The SMILES string of the molecule is O=S(=O)(C1CC1)N1CCC(Nc2ncccc2C(F)(F)F)CC1. The number of piperidine rings is 1. The van der Waals surface area contributed by atoms with Gasteiger partial charge in [0.2, 0.25) is 10.0 Å². The third-order valence-electron chi connectivity index (χ3n) is 4.21. The Bertz CT molecular complexity index is 666. The van der Waals surface area contributed by atoms with Crippen LogP contribution in [-0.2, 0) is 16.2 Å². The molecule has 1 N–H and O–H groups in total. The first-order valence-electron chi connectivity index (χ1n) is 7.56. The molecule has 1 saturated carbocycles. The number of hydrogen-bond donors (Lipinski definition) is 1. The van der Waals surface area contributed by atoms with Crippen LogP contribution in [0, 0.1) is 0 Å². The van der Waals surface area contributed by atoms with Crippen molar-refractivity contribution in [2.45, 2.75) is 43.2 Å². The van der Waals surface area contributed by atoms with Crippen LogP contribution in [0.25, 0.3) is 0 Å². The molecule has 0 atom stereocenters. The second-order valence-electron chi connectivity index (χ2n) is 5.96. The van der Waals surface area contributed by atoms with Crippen LogP contribution >= 0.6 is 0 Å². The summed E-state index contributed by atoms with van der Waals surface area (Å²) in [6.45, 7) is 0.676. The van der Waals surface area contributed by atoms with Gasteiger partial charge in [0.15, 0.2) is 0 Å². The van der Waals surface area contributed by atoms with Crippen molar-refractivity contribution in [2.75, 3.05) is 18.4 Å². The molecule has 1 aromatic rings. The maximum Gasteiger partial charge on any atom is 0.419 e. The molecule has 9 heteroatoms. The van der Waals surface area contributed by atoms with Crippen LogP contribution in [0.4, 0.5) is 19.0 Å². The van der Waals surface area contributed by atoms with E-state index in [4.69, 9.17) is 0 Å². The average Bonchev–Trinajstić information content (AvgIpc) is 3.32. The number of hydrogen-bond acceptors (Lipinski definition) is 4. The lowest BCUT2D eigenvalue weighted by molar-refractivity contribution is -0.137. The first kappa shape index (κ1) is 16.5. The van der Waals surface area contributed by atoms with Crippen molar-refractivity contribution in [3.8, 4) is 0 Å². The van der Waals surface area contributed by atoms with Crippen molar-refractivity contribution in [1.29, 1.82) is 0 Å². The van der Waals surface area contributed by atoms with Crippen LogP contribution in [0.1, 0.15) is 31.2 Å². The molecule has 2 heterocycles. The minimum absolute atomic E-state index is 0.191. The summed E-state index contributed by atoms with van der Waals surface area (Å²) in [7, 11) is -3.21. The summed E-state index contributed by atoms with van der Waals surface area (Å²) in [6, 6.07) is 2.03. The summed E-state index contributed by atoms with van der Waals surface area (Å²) < 4.78 is 64.6. The Hall–Kier alpha value is -1.35. The Morgan fingerprint density at radius 2 is 1.83 bits per heavy atom. The highest BCUT2D eigenvalue weighted by atomic mass is 32.2. The van der Waals surface area contributed by atoms with Gasteiger partial charge in [-0.05, 0) is 37.8 Å². The molecule has 0 bridgehead atoms. The molecule has 0 radical (unpaired) electrons. The molecule has 0 amide bonds. The normalized spacial score (nSPS) is 21.3. The molecule has 0 unspecified atom stereocenters. The van der Waals surface area contributed by atoms with Gasteiger partial charge in [-0.2, -0.15) is 13.2 Å². The Morgan fingerprint density at radius 1 is 1.17 bits per heavy atom. The minimum atomic E-state index is -4.47. The van der Waals surface area contributed by atoms with Gasteiger partial charge in [-0.1, -0.05) is 0 Å². The molecule has 3 rings (SSSR count). The number of aromatic nitrogens is 1. The van der Waals surface area contributed by atoms with Gasteiger partial charge in [0, 0.05) is 25.3 Å². The molecule has 2 fully saturated rings. The number of anilines is 1. The summed E-state index contributed by atoms with van der Waals surface area (Å²) >= 11 is 0. The third kappa shape index (κ3) is 3.60. The van der Waals surface area contributed by atoms with E-state index in [1.54, 1.807) is 0 Å². The zero-order valence-electron chi connectivity index (χ0n) is 12.4. The van der Waals surface area contributed by atoms with Gasteiger partial charge in [-0.15, -0.1) is 0 Å². The summed E-state index contributed by atoms with van der Waals surface area (Å²) in [5.74, 6) is -0.191. The molecule has 5 nitrogen and oxygen atoms in total. The number of nitrogens with zero attached hydrogens (tertiary/aromatic N) is 2. The number of nitrogens with one attached hydrogen (secondary N) is 1. The first-order valence-corrected chi connectivity index (χ1v) is 9.06. The maximum absolute atomic E-state index is 12.9. The third-order valence-corrected chi connectivity index (χ3v) is 6.61. The predicted octanol–water partition coefficient (Wildman–Crippen LogP) is 2.47. The van der Waals surface area contributed by atoms with E-state index in [-0.39, 0.29) is 17.1 Å². The van der Waals surface area contributed by atoms with E-state index in [9.17, 15) is 21.6 Å². The van der Waals surface area contributed by atoms with E-state index in [2.05, 4.69) is 10.3 Å². The van der Waals surface area contributed by atoms with E-state index in [1.807, 2.05) is 0 Å². The van der Waals surface area contributed by atoms with E-state index in [0.29, 0.717) is 38.8 Å². The van der Waals surface area contributed by atoms with Crippen LogP contribution in [0.3, 0.4) is 0 Å². The fourth-order valence-electron chi connectivity index (χ4n) is 2.77. The summed E-state index contributed by atoms with van der Waals surface area (Å²) in [6.07, 6.45) is -0.788. The van der Waals surface area contributed by atoms with Crippen LogP contribution < -0.4 is 5.32 Å². The molecule has 1 aromatic heterocycles. The molecular weight excluding hydrogens is 331 g/mol. The second kappa shape index (κ2) is 5.94. The average molecular weight is 349 g/mol. The van der Waals surface area contributed by atoms with Crippen molar-refractivity contribution >= 4 is 15.8 Å². The quantitative estimate of drug-likeness (QED) is 0.907. The lowest BCUT2D eigenvalue weighted by atomic mass is 10.1. The Labute approximate surface area is 132 Å². The summed E-state index contributed by atoms with van der Waals surface area (Å²) in [5, 5.41) is 2.57. The molecule has 2 aliphatic rings. The summed E-state index contributed by atoms with van der Waals surface area (Å²) in [5.41, 5.74) is -0.798. The lowest BCUT2D eigenvalue weighted by Crippen LogP contribution is -2.43. The predicted molar refractivity (Wildman–Crippen MR) is 79.4 cm³/mol. The minimum Gasteiger partial charge on any atom is -0.367 e. The van der Waals surface area contributed by atoms with Crippen molar-refractivity contribution in [3.05, 3.63) is 23.9 Å². The highest BCUT2D eigenvalue weighted by Crippen LogP contribution is 2.35. The zero-order valence-corrected chi connectivity index (χ0v) is 13.2. The molecule has 1 saturated heterocycles. The van der Waals surface area contributed by atoms with E-state index >= 15 is 0 Å². The molecule has 1 aliphatic carbocycles. The molecule has 128 valence electrons.